The van der Waals surface area contributed by atoms with Crippen LogP contribution in [0.2, 0.25) is 0 Å². The van der Waals surface area contributed by atoms with Crippen molar-refractivity contribution in [3.63, 3.8) is 0 Å². The number of likely N-dealkylation sites (tertiary alicyclic amines) is 1. The van der Waals surface area contributed by atoms with Crippen LogP contribution in [0.5, 0.6) is 0 Å². The number of hydrogen-bond acceptors (Lipinski definition) is 4. The van der Waals surface area contributed by atoms with Gasteiger partial charge in [0, 0.05) is 12.6 Å². The van der Waals surface area contributed by atoms with E-state index in [4.69, 9.17) is 9.47 Å². The van der Waals surface area contributed by atoms with Crippen LogP contribution in [0.15, 0.2) is 0 Å². The Balaban J connectivity index is 1.95. The highest BCUT2D eigenvalue weighted by atomic mass is 16.6. The van der Waals surface area contributed by atoms with Crippen molar-refractivity contribution in [2.75, 3.05) is 13.7 Å². The molecule has 1 saturated heterocycles. The predicted molar refractivity (Wildman–Crippen MR) is 65.0 cm³/mol. The van der Waals surface area contributed by atoms with E-state index in [1.807, 2.05) is 20.8 Å². The Labute approximate surface area is 107 Å². The van der Waals surface area contributed by atoms with Crippen molar-refractivity contribution < 1.29 is 19.1 Å². The van der Waals surface area contributed by atoms with Gasteiger partial charge in [0.15, 0.2) is 0 Å². The maximum absolute atomic E-state index is 12.0. The van der Waals surface area contributed by atoms with E-state index >= 15 is 0 Å². The highest BCUT2D eigenvalue weighted by Crippen LogP contribution is 2.43. The standard InChI is InChI=1S/C13H21NO4/c1-13(2,3)18-12(16)14-7-8-5-9(14)6-10(8)11(15)17-4/h8-10H,5-7H2,1-4H3/t8-,9-,10?/m0/s1. The van der Waals surface area contributed by atoms with Crippen LogP contribution in [-0.4, -0.2) is 42.3 Å². The quantitative estimate of drug-likeness (QED) is 0.670. The first-order valence-corrected chi connectivity index (χ1v) is 6.39. The van der Waals surface area contributed by atoms with Crippen molar-refractivity contribution in [1.82, 2.24) is 4.90 Å². The van der Waals surface area contributed by atoms with Gasteiger partial charge in [-0.15, -0.1) is 0 Å². The fourth-order valence-corrected chi connectivity index (χ4v) is 2.94. The average molecular weight is 255 g/mol. The second-order valence-corrected chi connectivity index (χ2v) is 6.15. The molecule has 3 atom stereocenters. The molecule has 0 radical (unpaired) electrons. The van der Waals surface area contributed by atoms with E-state index in [-0.39, 0.29) is 29.9 Å². The Hall–Kier alpha value is -1.26. The lowest BCUT2D eigenvalue weighted by atomic mass is 9.95. The van der Waals surface area contributed by atoms with Crippen LogP contribution in [0.3, 0.4) is 0 Å². The van der Waals surface area contributed by atoms with Crippen molar-refractivity contribution in [2.45, 2.75) is 45.3 Å². The van der Waals surface area contributed by atoms with E-state index in [1.165, 1.54) is 7.11 Å². The summed E-state index contributed by atoms with van der Waals surface area (Å²) in [6.45, 7) is 6.18. The summed E-state index contributed by atoms with van der Waals surface area (Å²) in [5.74, 6) is 0.0417. The SMILES string of the molecule is COC(=O)C1C[C@@H]2C[C@H]1CN2C(=O)OC(C)(C)C. The first-order chi connectivity index (χ1) is 8.31. The van der Waals surface area contributed by atoms with Gasteiger partial charge in [0.1, 0.15) is 5.60 Å². The molecule has 0 aromatic heterocycles. The summed E-state index contributed by atoms with van der Waals surface area (Å²) in [6.07, 6.45) is 1.33. The third kappa shape index (κ3) is 2.44. The van der Waals surface area contributed by atoms with Gasteiger partial charge in [-0.1, -0.05) is 0 Å². The number of carbonyl (C=O) groups is 2. The summed E-state index contributed by atoms with van der Waals surface area (Å²) in [6, 6.07) is 0.133. The van der Waals surface area contributed by atoms with Crippen molar-refractivity contribution in [3.05, 3.63) is 0 Å². The van der Waals surface area contributed by atoms with E-state index in [0.29, 0.717) is 13.0 Å². The first-order valence-electron chi connectivity index (χ1n) is 6.39. The molecule has 1 unspecified atom stereocenters. The maximum atomic E-state index is 12.0. The molecular formula is C13H21NO4. The Morgan fingerprint density at radius 2 is 1.89 bits per heavy atom. The fourth-order valence-electron chi connectivity index (χ4n) is 2.94. The van der Waals surface area contributed by atoms with Gasteiger partial charge in [0.05, 0.1) is 13.0 Å². The van der Waals surface area contributed by atoms with Crippen LogP contribution in [0, 0.1) is 11.8 Å². The highest BCUT2D eigenvalue weighted by molar-refractivity contribution is 5.75. The van der Waals surface area contributed by atoms with Crippen LogP contribution in [-0.2, 0) is 14.3 Å². The van der Waals surface area contributed by atoms with Gasteiger partial charge in [-0.05, 0) is 39.5 Å². The van der Waals surface area contributed by atoms with E-state index in [1.54, 1.807) is 4.90 Å². The summed E-state index contributed by atoms with van der Waals surface area (Å²) < 4.78 is 10.2. The summed E-state index contributed by atoms with van der Waals surface area (Å²) in [4.78, 5) is 25.3. The van der Waals surface area contributed by atoms with E-state index in [0.717, 1.165) is 6.42 Å². The van der Waals surface area contributed by atoms with Crippen LogP contribution >= 0.6 is 0 Å². The van der Waals surface area contributed by atoms with Gasteiger partial charge in [0.2, 0.25) is 0 Å². The monoisotopic (exact) mass is 255 g/mol. The molecule has 0 aromatic carbocycles. The van der Waals surface area contributed by atoms with E-state index in [2.05, 4.69) is 0 Å². The molecule has 0 aromatic rings. The summed E-state index contributed by atoms with van der Waals surface area (Å²) in [5, 5.41) is 0. The summed E-state index contributed by atoms with van der Waals surface area (Å²) >= 11 is 0. The van der Waals surface area contributed by atoms with Gasteiger partial charge in [-0.3, -0.25) is 4.79 Å². The van der Waals surface area contributed by atoms with Gasteiger partial charge in [-0.25, -0.2) is 4.79 Å². The largest absolute Gasteiger partial charge is 0.469 e. The minimum absolute atomic E-state index is 0.0429. The number of ether oxygens (including phenoxy) is 2. The molecule has 2 fully saturated rings. The molecule has 0 N–H and O–H groups in total. The van der Waals surface area contributed by atoms with Gasteiger partial charge in [0.25, 0.3) is 0 Å². The van der Waals surface area contributed by atoms with Crippen LogP contribution in [0.4, 0.5) is 4.79 Å². The molecule has 1 aliphatic heterocycles. The van der Waals surface area contributed by atoms with Crippen molar-refractivity contribution in [1.29, 1.82) is 0 Å². The molecule has 2 rings (SSSR count). The zero-order valence-corrected chi connectivity index (χ0v) is 11.4. The molecule has 2 bridgehead atoms. The predicted octanol–water partition coefficient (Wildman–Crippen LogP) is 1.80. The van der Waals surface area contributed by atoms with Crippen molar-refractivity contribution in [3.8, 4) is 0 Å². The molecule has 1 aliphatic carbocycles. The normalized spacial score (nSPS) is 30.4. The van der Waals surface area contributed by atoms with E-state index < -0.39 is 5.60 Å². The lowest BCUT2D eigenvalue weighted by molar-refractivity contribution is -0.147. The molecule has 1 amide bonds. The summed E-state index contributed by atoms with van der Waals surface area (Å²) in [5.41, 5.74) is -0.472. The van der Waals surface area contributed by atoms with Gasteiger partial charge in [-0.2, -0.15) is 0 Å². The molecule has 5 nitrogen and oxygen atoms in total. The Morgan fingerprint density at radius 1 is 1.22 bits per heavy atom. The van der Waals surface area contributed by atoms with Crippen molar-refractivity contribution >= 4 is 12.1 Å². The molecular weight excluding hydrogens is 234 g/mol. The Morgan fingerprint density at radius 3 is 2.33 bits per heavy atom. The van der Waals surface area contributed by atoms with Crippen LogP contribution in [0.25, 0.3) is 0 Å². The molecule has 1 saturated carbocycles. The number of esters is 1. The molecule has 102 valence electrons. The third-order valence-electron chi connectivity index (χ3n) is 3.67. The maximum Gasteiger partial charge on any atom is 0.410 e. The number of methoxy groups -OCH3 is 1. The number of amides is 1. The molecule has 1 heterocycles. The third-order valence-corrected chi connectivity index (χ3v) is 3.67. The zero-order valence-electron chi connectivity index (χ0n) is 11.4. The molecule has 2 aliphatic rings. The number of rotatable bonds is 1. The number of nitrogens with zero attached hydrogens (tertiary/aromatic N) is 1. The Kier molecular flexibility index (Phi) is 3.25. The van der Waals surface area contributed by atoms with E-state index in [9.17, 15) is 9.59 Å². The van der Waals surface area contributed by atoms with Gasteiger partial charge >= 0.3 is 12.1 Å². The fraction of sp³-hybridized carbons (Fsp3) is 0.846. The van der Waals surface area contributed by atoms with Crippen LogP contribution in [0.1, 0.15) is 33.6 Å². The topological polar surface area (TPSA) is 55.8 Å². The zero-order chi connectivity index (χ0) is 13.5. The molecule has 18 heavy (non-hydrogen) atoms. The molecule has 0 spiro atoms. The number of piperidine rings is 1. The van der Waals surface area contributed by atoms with Gasteiger partial charge < -0.3 is 14.4 Å². The first kappa shape index (κ1) is 13.2. The minimum Gasteiger partial charge on any atom is -0.469 e. The molecule has 5 heteroatoms. The number of fused-ring (bicyclic) bond motifs is 2. The highest BCUT2D eigenvalue weighted by Gasteiger charge is 2.50. The van der Waals surface area contributed by atoms with Crippen LogP contribution < -0.4 is 0 Å². The number of carbonyl (C=O) groups excluding carboxylic acids is 2. The lowest BCUT2D eigenvalue weighted by Gasteiger charge is -2.32. The second kappa shape index (κ2) is 4.44. The number of hydrogen-bond donors (Lipinski definition) is 0. The average Bonchev–Trinajstić information content (AvgIpc) is 2.84. The summed E-state index contributed by atoms with van der Waals surface area (Å²) in [7, 11) is 1.42. The lowest BCUT2D eigenvalue weighted by Crippen LogP contribution is -2.44. The van der Waals surface area contributed by atoms with Crippen molar-refractivity contribution in [2.24, 2.45) is 11.8 Å². The Bertz CT molecular complexity index is 360. The minimum atomic E-state index is -0.472. The second-order valence-electron chi connectivity index (χ2n) is 6.15. The smallest absolute Gasteiger partial charge is 0.410 e.